The van der Waals surface area contributed by atoms with Gasteiger partial charge >= 0.3 is 6.03 Å². The van der Waals surface area contributed by atoms with Crippen LogP contribution in [0.2, 0.25) is 0 Å². The van der Waals surface area contributed by atoms with Crippen molar-refractivity contribution >= 4 is 29.3 Å². The Morgan fingerprint density at radius 2 is 1.79 bits per heavy atom. The largest absolute Gasteiger partial charge is 0.360 e. The molecule has 11 heteroatoms. The van der Waals surface area contributed by atoms with Gasteiger partial charge in [-0.15, -0.1) is 0 Å². The van der Waals surface area contributed by atoms with Crippen LogP contribution in [0.4, 0.5) is 22.1 Å². The summed E-state index contributed by atoms with van der Waals surface area (Å²) in [6, 6.07) is 14.6. The van der Waals surface area contributed by atoms with Gasteiger partial charge in [0.25, 0.3) is 5.91 Å². The molecular formula is C28H32N8O3. The zero-order valence-corrected chi connectivity index (χ0v) is 22.2. The van der Waals surface area contributed by atoms with Gasteiger partial charge in [-0.1, -0.05) is 17.3 Å². The monoisotopic (exact) mass is 528 g/mol. The lowest BCUT2D eigenvalue weighted by atomic mass is 9.94. The summed E-state index contributed by atoms with van der Waals surface area (Å²) in [5.41, 5.74) is 5.18. The molecule has 3 heterocycles. The summed E-state index contributed by atoms with van der Waals surface area (Å²) < 4.78 is 5.00. The minimum Gasteiger partial charge on any atom is -0.360 e. The van der Waals surface area contributed by atoms with E-state index in [4.69, 9.17) is 4.52 Å². The van der Waals surface area contributed by atoms with Gasteiger partial charge in [0.2, 0.25) is 0 Å². The number of benzene rings is 2. The maximum atomic E-state index is 13.0. The third-order valence-corrected chi connectivity index (χ3v) is 6.77. The van der Waals surface area contributed by atoms with Crippen LogP contribution in [-0.4, -0.2) is 70.3 Å². The summed E-state index contributed by atoms with van der Waals surface area (Å²) in [4.78, 5) is 30.2. The molecule has 0 spiro atoms. The number of H-pyrrole nitrogens is 1. The van der Waals surface area contributed by atoms with E-state index in [0.717, 1.165) is 55.0 Å². The van der Waals surface area contributed by atoms with E-state index in [1.807, 2.05) is 43.3 Å². The standard InChI is InChI=1S/C28H32N8O3/c1-18-14-20(6-7-24(18)30-28(38)32-26-15-19(2)39-34-26)23-16-21(27(37)31-25-8-9-29-33-25)4-5-22(23)17-36-12-10-35(3)11-13-36/h4-9,14-16H,10-13,17H2,1-3H3,(H2,29,31,33,37)(H2,30,32,34,38). The smallest absolute Gasteiger partial charge is 0.324 e. The summed E-state index contributed by atoms with van der Waals surface area (Å²) in [7, 11) is 2.14. The lowest BCUT2D eigenvalue weighted by Crippen LogP contribution is -2.43. The van der Waals surface area contributed by atoms with E-state index in [-0.39, 0.29) is 5.91 Å². The van der Waals surface area contributed by atoms with Crippen LogP contribution in [0.15, 0.2) is 59.3 Å². The van der Waals surface area contributed by atoms with Gasteiger partial charge in [0.05, 0.1) is 6.20 Å². The fraction of sp³-hybridized carbons (Fsp3) is 0.286. The molecule has 2 aromatic heterocycles. The summed E-state index contributed by atoms with van der Waals surface area (Å²) in [5.74, 6) is 1.27. The molecular weight excluding hydrogens is 496 g/mol. The highest BCUT2D eigenvalue weighted by Crippen LogP contribution is 2.30. The molecule has 39 heavy (non-hydrogen) atoms. The first kappa shape index (κ1) is 26.1. The SMILES string of the molecule is Cc1cc(NC(=O)Nc2ccc(-c3cc(C(=O)Nc4ccn[nH]4)ccc3CN3CCN(C)CC3)cc2C)no1. The Hall–Kier alpha value is -4.48. The third kappa shape index (κ3) is 6.51. The van der Waals surface area contributed by atoms with E-state index >= 15 is 0 Å². The number of rotatable bonds is 7. The molecule has 11 nitrogen and oxygen atoms in total. The number of carbonyl (C=O) groups excluding carboxylic acids is 2. The molecule has 1 aliphatic heterocycles. The van der Waals surface area contributed by atoms with E-state index in [0.29, 0.717) is 28.6 Å². The number of carbonyl (C=O) groups is 2. The van der Waals surface area contributed by atoms with E-state index in [1.165, 1.54) is 0 Å². The number of nitrogens with zero attached hydrogens (tertiary/aromatic N) is 4. The first-order valence-corrected chi connectivity index (χ1v) is 12.8. The molecule has 0 radical (unpaired) electrons. The summed E-state index contributed by atoms with van der Waals surface area (Å²) >= 11 is 0. The van der Waals surface area contributed by atoms with E-state index < -0.39 is 6.03 Å². The van der Waals surface area contributed by atoms with Crippen molar-refractivity contribution in [3.05, 3.63) is 77.2 Å². The number of urea groups is 1. The van der Waals surface area contributed by atoms with Crippen molar-refractivity contribution in [3.63, 3.8) is 0 Å². The molecule has 2 aromatic carbocycles. The average molecular weight is 529 g/mol. The van der Waals surface area contributed by atoms with Crippen LogP contribution >= 0.6 is 0 Å². The Bertz CT molecular complexity index is 1460. The van der Waals surface area contributed by atoms with Crippen molar-refractivity contribution in [2.45, 2.75) is 20.4 Å². The molecule has 1 aliphatic rings. The Kier molecular flexibility index (Phi) is 7.71. The van der Waals surface area contributed by atoms with Gasteiger partial charge in [-0.05, 0) is 67.4 Å². The van der Waals surface area contributed by atoms with Crippen molar-refractivity contribution < 1.29 is 14.1 Å². The number of likely N-dealkylation sites (N-methyl/N-ethyl adjacent to an activating group) is 1. The summed E-state index contributed by atoms with van der Waals surface area (Å²) in [6.07, 6.45) is 1.59. The number of amides is 3. The number of aromatic nitrogens is 3. The Morgan fingerprint density at radius 3 is 2.49 bits per heavy atom. The first-order valence-electron chi connectivity index (χ1n) is 12.8. The molecule has 4 N–H and O–H groups in total. The molecule has 202 valence electrons. The number of anilines is 3. The molecule has 3 amide bonds. The number of nitrogens with one attached hydrogen (secondary N) is 4. The predicted octanol–water partition coefficient (Wildman–Crippen LogP) is 4.33. The highest BCUT2D eigenvalue weighted by Gasteiger charge is 2.18. The normalized spacial score (nSPS) is 14.2. The van der Waals surface area contributed by atoms with Crippen LogP contribution in [0.25, 0.3) is 11.1 Å². The van der Waals surface area contributed by atoms with Gasteiger partial charge < -0.3 is 20.1 Å². The number of piperazine rings is 1. The van der Waals surface area contributed by atoms with E-state index in [1.54, 1.807) is 25.3 Å². The highest BCUT2D eigenvalue weighted by molar-refractivity contribution is 6.04. The van der Waals surface area contributed by atoms with Crippen molar-refractivity contribution in [1.82, 2.24) is 25.2 Å². The van der Waals surface area contributed by atoms with Crippen molar-refractivity contribution in [1.29, 1.82) is 0 Å². The molecule has 1 fully saturated rings. The van der Waals surface area contributed by atoms with E-state index in [2.05, 4.69) is 48.2 Å². The number of hydrogen-bond donors (Lipinski definition) is 4. The molecule has 1 saturated heterocycles. The van der Waals surface area contributed by atoms with Crippen LogP contribution in [0, 0.1) is 13.8 Å². The third-order valence-electron chi connectivity index (χ3n) is 6.77. The Labute approximate surface area is 226 Å². The van der Waals surface area contributed by atoms with E-state index in [9.17, 15) is 9.59 Å². The molecule has 5 rings (SSSR count). The molecule has 0 bridgehead atoms. The molecule has 4 aromatic rings. The van der Waals surface area contributed by atoms with Crippen LogP contribution < -0.4 is 16.0 Å². The van der Waals surface area contributed by atoms with Crippen molar-refractivity contribution in [2.24, 2.45) is 0 Å². The Balaban J connectivity index is 1.39. The van der Waals surface area contributed by atoms with Gasteiger partial charge in [0.15, 0.2) is 5.82 Å². The fourth-order valence-electron chi connectivity index (χ4n) is 4.56. The van der Waals surface area contributed by atoms with Crippen LogP contribution in [0.1, 0.15) is 27.2 Å². The fourth-order valence-corrected chi connectivity index (χ4v) is 4.56. The second kappa shape index (κ2) is 11.5. The minimum absolute atomic E-state index is 0.221. The van der Waals surface area contributed by atoms with Crippen LogP contribution in [0.3, 0.4) is 0 Å². The van der Waals surface area contributed by atoms with Crippen LogP contribution in [-0.2, 0) is 6.54 Å². The summed E-state index contributed by atoms with van der Waals surface area (Å²) in [6.45, 7) is 8.50. The zero-order chi connectivity index (χ0) is 27.4. The lowest BCUT2D eigenvalue weighted by molar-refractivity contribution is 0.102. The van der Waals surface area contributed by atoms with Gasteiger partial charge in [-0.25, -0.2) is 4.79 Å². The van der Waals surface area contributed by atoms with Crippen LogP contribution in [0.5, 0.6) is 0 Å². The van der Waals surface area contributed by atoms with Crippen molar-refractivity contribution in [2.75, 3.05) is 49.2 Å². The van der Waals surface area contributed by atoms with Crippen molar-refractivity contribution in [3.8, 4) is 11.1 Å². The van der Waals surface area contributed by atoms with Gasteiger partial charge in [0, 0.05) is 56.1 Å². The van der Waals surface area contributed by atoms with Gasteiger partial charge in [-0.2, -0.15) is 5.10 Å². The highest BCUT2D eigenvalue weighted by atomic mass is 16.5. The maximum absolute atomic E-state index is 13.0. The first-order chi connectivity index (χ1) is 18.8. The zero-order valence-electron chi connectivity index (χ0n) is 22.2. The number of hydrogen-bond acceptors (Lipinski definition) is 7. The second-order valence-electron chi connectivity index (χ2n) is 9.81. The van der Waals surface area contributed by atoms with Gasteiger partial charge in [0.1, 0.15) is 11.6 Å². The summed E-state index contributed by atoms with van der Waals surface area (Å²) in [5, 5.41) is 18.8. The number of aryl methyl sites for hydroxylation is 2. The maximum Gasteiger partial charge on any atom is 0.324 e. The predicted molar refractivity (Wildman–Crippen MR) is 150 cm³/mol. The lowest BCUT2D eigenvalue weighted by Gasteiger charge is -2.32. The average Bonchev–Trinajstić information content (AvgIpc) is 3.58. The molecule has 0 aliphatic carbocycles. The quantitative estimate of drug-likeness (QED) is 0.281. The van der Waals surface area contributed by atoms with Gasteiger partial charge in [-0.3, -0.25) is 20.1 Å². The second-order valence-corrected chi connectivity index (χ2v) is 9.81. The Morgan fingerprint density at radius 1 is 0.974 bits per heavy atom. The topological polar surface area (TPSA) is 131 Å². The number of aromatic amines is 1. The minimum atomic E-state index is -0.410. The molecule has 0 atom stereocenters. The molecule has 0 saturated carbocycles. The molecule has 0 unspecified atom stereocenters.